The molecule has 2 aromatic carbocycles. The van der Waals surface area contributed by atoms with Gasteiger partial charge in [0.1, 0.15) is 11.8 Å². The Bertz CT molecular complexity index is 965. The molecular weight excluding hydrogens is 416 g/mol. The number of ether oxygens (including phenoxy) is 1. The van der Waals surface area contributed by atoms with E-state index in [1.54, 1.807) is 61.5 Å². The molecule has 31 heavy (non-hydrogen) atoms. The summed E-state index contributed by atoms with van der Waals surface area (Å²) in [5.41, 5.74) is 3.67. The van der Waals surface area contributed by atoms with Crippen molar-refractivity contribution in [3.63, 3.8) is 0 Å². The molecule has 3 amide bonds. The molecule has 2 aromatic rings. The van der Waals surface area contributed by atoms with E-state index < -0.39 is 11.9 Å². The van der Waals surface area contributed by atoms with E-state index in [9.17, 15) is 14.4 Å². The zero-order valence-electron chi connectivity index (χ0n) is 17.3. The van der Waals surface area contributed by atoms with Crippen LogP contribution >= 0.6 is 12.2 Å². The van der Waals surface area contributed by atoms with Gasteiger partial charge in [0.25, 0.3) is 11.8 Å². The number of carbonyl (C=O) groups excluding carboxylic acids is 3. The fourth-order valence-electron chi connectivity index (χ4n) is 3.20. The Morgan fingerprint density at radius 2 is 1.74 bits per heavy atom. The zero-order valence-corrected chi connectivity index (χ0v) is 18.1. The maximum Gasteiger partial charge on any atom is 0.269 e. The number of thiocarbonyl (C=S) groups is 1. The van der Waals surface area contributed by atoms with Crippen LogP contribution in [0.1, 0.15) is 30.6 Å². The van der Waals surface area contributed by atoms with Crippen molar-refractivity contribution < 1.29 is 19.1 Å². The molecule has 0 aliphatic carbocycles. The van der Waals surface area contributed by atoms with Gasteiger partial charge in [0, 0.05) is 17.8 Å². The molecule has 9 heteroatoms. The highest BCUT2D eigenvalue weighted by molar-refractivity contribution is 7.80. The molecule has 0 radical (unpaired) electrons. The molecule has 1 saturated heterocycles. The number of hydrogen-bond donors (Lipinski definition) is 2. The first-order valence-corrected chi connectivity index (χ1v) is 10.4. The predicted molar refractivity (Wildman–Crippen MR) is 120 cm³/mol. The standard InChI is InChI=1S/C22H24N4O4S/c1-3-25-21(29)18(14-19(27)23-16-10-12-17(13-11-16)30-4-2)26(22(25)31)24-20(28)15-8-6-5-7-9-15/h5-13,18H,3-4,14H2,1-2H3,(H,23,27)(H,24,28). The molecule has 8 nitrogen and oxygen atoms in total. The van der Waals surface area contributed by atoms with Crippen LogP contribution in [0.5, 0.6) is 5.75 Å². The van der Waals surface area contributed by atoms with Crippen LogP contribution in [0.15, 0.2) is 54.6 Å². The van der Waals surface area contributed by atoms with Gasteiger partial charge in [0.2, 0.25) is 5.91 Å². The second-order valence-electron chi connectivity index (χ2n) is 6.77. The van der Waals surface area contributed by atoms with E-state index in [-0.39, 0.29) is 23.3 Å². The zero-order chi connectivity index (χ0) is 22.4. The number of nitrogens with zero attached hydrogens (tertiary/aromatic N) is 2. The van der Waals surface area contributed by atoms with Gasteiger partial charge >= 0.3 is 0 Å². The second kappa shape index (κ2) is 10.0. The SMILES string of the molecule is CCOc1ccc(NC(=O)CC2C(=O)N(CC)C(=S)N2NC(=O)c2ccccc2)cc1. The van der Waals surface area contributed by atoms with Gasteiger partial charge in [-0.3, -0.25) is 24.7 Å². The number of nitrogens with one attached hydrogen (secondary N) is 2. The number of anilines is 1. The van der Waals surface area contributed by atoms with E-state index >= 15 is 0 Å². The molecular formula is C22H24N4O4S. The molecule has 1 unspecified atom stereocenters. The van der Waals surface area contributed by atoms with Crippen molar-refractivity contribution in [2.75, 3.05) is 18.5 Å². The van der Waals surface area contributed by atoms with Crippen LogP contribution in [0.4, 0.5) is 5.69 Å². The minimum Gasteiger partial charge on any atom is -0.494 e. The summed E-state index contributed by atoms with van der Waals surface area (Å²) >= 11 is 5.38. The summed E-state index contributed by atoms with van der Waals surface area (Å²) in [6, 6.07) is 14.6. The van der Waals surface area contributed by atoms with Crippen LogP contribution < -0.4 is 15.5 Å². The quantitative estimate of drug-likeness (QED) is 0.613. The topological polar surface area (TPSA) is 91.0 Å². The van der Waals surface area contributed by atoms with Crippen LogP contribution in [0.25, 0.3) is 0 Å². The van der Waals surface area contributed by atoms with E-state index in [0.717, 1.165) is 0 Å². The van der Waals surface area contributed by atoms with Gasteiger partial charge in [-0.05, 0) is 62.5 Å². The fourth-order valence-corrected chi connectivity index (χ4v) is 3.59. The molecule has 0 spiro atoms. The summed E-state index contributed by atoms with van der Waals surface area (Å²) in [4.78, 5) is 39.4. The van der Waals surface area contributed by atoms with Crippen LogP contribution in [-0.4, -0.2) is 51.9 Å². The van der Waals surface area contributed by atoms with E-state index in [4.69, 9.17) is 17.0 Å². The summed E-state index contributed by atoms with van der Waals surface area (Å²) in [6.45, 7) is 4.56. The Morgan fingerprint density at radius 1 is 1.06 bits per heavy atom. The monoisotopic (exact) mass is 440 g/mol. The Kier molecular flexibility index (Phi) is 7.19. The van der Waals surface area contributed by atoms with Crippen molar-refractivity contribution in [2.45, 2.75) is 26.3 Å². The van der Waals surface area contributed by atoms with Crippen molar-refractivity contribution in [3.05, 3.63) is 60.2 Å². The van der Waals surface area contributed by atoms with E-state index in [2.05, 4.69) is 10.7 Å². The molecule has 1 fully saturated rings. The minimum atomic E-state index is -0.928. The molecule has 2 N–H and O–H groups in total. The molecule has 0 saturated carbocycles. The van der Waals surface area contributed by atoms with Gasteiger partial charge < -0.3 is 10.1 Å². The van der Waals surface area contributed by atoms with Gasteiger partial charge in [-0.25, -0.2) is 5.01 Å². The molecule has 1 aliphatic heterocycles. The normalized spacial score (nSPS) is 15.7. The smallest absolute Gasteiger partial charge is 0.269 e. The summed E-state index contributed by atoms with van der Waals surface area (Å²) in [5.74, 6) is -0.416. The lowest BCUT2D eigenvalue weighted by Gasteiger charge is -2.24. The van der Waals surface area contributed by atoms with E-state index in [1.165, 1.54) is 9.91 Å². The molecule has 1 heterocycles. The second-order valence-corrected chi connectivity index (χ2v) is 7.13. The minimum absolute atomic E-state index is 0.163. The maximum absolute atomic E-state index is 12.8. The number of hydrogen-bond acceptors (Lipinski definition) is 5. The first kappa shape index (κ1) is 22.2. The number of hydrazine groups is 1. The summed E-state index contributed by atoms with van der Waals surface area (Å²) < 4.78 is 5.39. The first-order chi connectivity index (χ1) is 14.9. The van der Waals surface area contributed by atoms with Crippen LogP contribution in [0.2, 0.25) is 0 Å². The van der Waals surface area contributed by atoms with E-state index in [0.29, 0.717) is 30.2 Å². The molecule has 162 valence electrons. The van der Waals surface area contributed by atoms with Gasteiger partial charge in [0.05, 0.1) is 13.0 Å². The lowest BCUT2D eigenvalue weighted by molar-refractivity contribution is -0.130. The van der Waals surface area contributed by atoms with Gasteiger partial charge in [0.15, 0.2) is 5.11 Å². The first-order valence-electron chi connectivity index (χ1n) is 9.97. The van der Waals surface area contributed by atoms with E-state index in [1.807, 2.05) is 6.92 Å². The lowest BCUT2D eigenvalue weighted by Crippen LogP contribution is -2.49. The molecule has 0 aromatic heterocycles. The third-order valence-electron chi connectivity index (χ3n) is 4.70. The average molecular weight is 441 g/mol. The third kappa shape index (κ3) is 5.18. The highest BCUT2D eigenvalue weighted by Gasteiger charge is 2.43. The van der Waals surface area contributed by atoms with Crippen molar-refractivity contribution >= 4 is 40.7 Å². The molecule has 1 atom stereocenters. The predicted octanol–water partition coefficient (Wildman–Crippen LogP) is 2.58. The Balaban J connectivity index is 1.71. The number of rotatable bonds is 8. The summed E-state index contributed by atoms with van der Waals surface area (Å²) in [6.07, 6.45) is -0.169. The summed E-state index contributed by atoms with van der Waals surface area (Å²) in [5, 5.41) is 4.23. The maximum atomic E-state index is 12.8. The lowest BCUT2D eigenvalue weighted by atomic mass is 10.1. The van der Waals surface area contributed by atoms with Gasteiger partial charge in [-0.1, -0.05) is 18.2 Å². The third-order valence-corrected chi connectivity index (χ3v) is 5.12. The summed E-state index contributed by atoms with van der Waals surface area (Å²) in [7, 11) is 0. The average Bonchev–Trinajstić information content (AvgIpc) is 2.99. The largest absolute Gasteiger partial charge is 0.494 e. The number of carbonyl (C=O) groups is 3. The number of benzene rings is 2. The van der Waals surface area contributed by atoms with Crippen LogP contribution in [0.3, 0.4) is 0 Å². The van der Waals surface area contributed by atoms with Crippen molar-refractivity contribution in [2.24, 2.45) is 0 Å². The van der Waals surface area contributed by atoms with Crippen molar-refractivity contribution in [3.8, 4) is 5.75 Å². The van der Waals surface area contributed by atoms with Crippen LogP contribution in [0, 0.1) is 0 Å². The van der Waals surface area contributed by atoms with Gasteiger partial charge in [-0.15, -0.1) is 0 Å². The molecule has 3 rings (SSSR count). The molecule has 0 bridgehead atoms. The van der Waals surface area contributed by atoms with Crippen LogP contribution in [-0.2, 0) is 9.59 Å². The Morgan fingerprint density at radius 3 is 2.35 bits per heavy atom. The van der Waals surface area contributed by atoms with Crippen molar-refractivity contribution in [1.82, 2.24) is 15.3 Å². The fraction of sp³-hybridized carbons (Fsp3) is 0.273. The van der Waals surface area contributed by atoms with Gasteiger partial charge in [-0.2, -0.15) is 0 Å². The highest BCUT2D eigenvalue weighted by Crippen LogP contribution is 2.21. The number of amides is 3. The molecule has 1 aliphatic rings. The Hall–Kier alpha value is -3.46. The van der Waals surface area contributed by atoms with Crippen molar-refractivity contribution in [1.29, 1.82) is 0 Å². The highest BCUT2D eigenvalue weighted by atomic mass is 32.1. The Labute approximate surface area is 186 Å². The number of likely N-dealkylation sites (N-methyl/N-ethyl adjacent to an activating group) is 1.